The van der Waals surface area contributed by atoms with Crippen molar-refractivity contribution in [3.8, 4) is 11.5 Å². The molecule has 0 saturated carbocycles. The first-order valence-corrected chi connectivity index (χ1v) is 9.89. The summed E-state index contributed by atoms with van der Waals surface area (Å²) < 4.78 is 21.6. The minimum absolute atomic E-state index is 0.0284. The summed E-state index contributed by atoms with van der Waals surface area (Å²) in [6.45, 7) is 4.99. The molecule has 30 heavy (non-hydrogen) atoms. The van der Waals surface area contributed by atoms with Crippen LogP contribution >= 0.6 is 0 Å². The molecule has 1 heterocycles. The second-order valence-electron chi connectivity index (χ2n) is 6.38. The first-order valence-electron chi connectivity index (χ1n) is 9.89. The van der Waals surface area contributed by atoms with Gasteiger partial charge in [0, 0.05) is 0 Å². The van der Waals surface area contributed by atoms with E-state index < -0.39 is 5.97 Å². The van der Waals surface area contributed by atoms with Crippen molar-refractivity contribution in [2.75, 3.05) is 37.9 Å². The predicted octanol–water partition coefficient (Wildman–Crippen LogP) is 3.43. The quantitative estimate of drug-likeness (QED) is 0.358. The van der Waals surface area contributed by atoms with Crippen LogP contribution in [0.15, 0.2) is 54.3 Å². The van der Waals surface area contributed by atoms with Gasteiger partial charge in [0.25, 0.3) is 5.91 Å². The number of nitrogens with zero attached hydrogens (tertiary/aromatic N) is 1. The Morgan fingerprint density at radius 3 is 2.53 bits per heavy atom. The van der Waals surface area contributed by atoms with Gasteiger partial charge in [0.1, 0.15) is 18.1 Å². The van der Waals surface area contributed by atoms with Crippen LogP contribution in [0, 0.1) is 0 Å². The van der Waals surface area contributed by atoms with Crippen LogP contribution in [-0.2, 0) is 19.1 Å². The molecule has 0 aliphatic carbocycles. The van der Waals surface area contributed by atoms with Gasteiger partial charge in [-0.15, -0.1) is 0 Å². The van der Waals surface area contributed by atoms with Gasteiger partial charge in [0.2, 0.25) is 5.76 Å². The van der Waals surface area contributed by atoms with E-state index >= 15 is 0 Å². The summed E-state index contributed by atoms with van der Waals surface area (Å²) in [5.41, 5.74) is 1.54. The summed E-state index contributed by atoms with van der Waals surface area (Å²) in [6, 6.07) is 14.7. The molecule has 0 fully saturated rings. The van der Waals surface area contributed by atoms with Crippen LogP contribution < -0.4 is 14.4 Å². The zero-order chi connectivity index (χ0) is 21.3. The molecule has 3 rings (SSSR count). The van der Waals surface area contributed by atoms with Gasteiger partial charge in [0.05, 0.1) is 25.4 Å². The molecule has 1 amide bonds. The molecular formula is C23H25NO6. The van der Waals surface area contributed by atoms with Crippen molar-refractivity contribution >= 4 is 23.6 Å². The number of amides is 1. The molecule has 1 aliphatic rings. The molecule has 0 bridgehead atoms. The fourth-order valence-electron chi connectivity index (χ4n) is 2.98. The Balaban J connectivity index is 1.59. The van der Waals surface area contributed by atoms with E-state index in [0.29, 0.717) is 31.3 Å². The summed E-state index contributed by atoms with van der Waals surface area (Å²) in [5, 5.41) is 0. The van der Waals surface area contributed by atoms with Crippen molar-refractivity contribution in [1.82, 2.24) is 0 Å². The molecule has 0 N–H and O–H groups in total. The molecule has 0 saturated heterocycles. The summed E-state index contributed by atoms with van der Waals surface area (Å²) in [7, 11) is 0. The fourth-order valence-corrected chi connectivity index (χ4v) is 2.98. The summed E-state index contributed by atoms with van der Waals surface area (Å²) in [5.74, 6) is 0.933. The average Bonchev–Trinajstić information content (AvgIpc) is 2.76. The van der Waals surface area contributed by atoms with E-state index in [1.54, 1.807) is 30.0 Å². The van der Waals surface area contributed by atoms with Crippen LogP contribution in [0.3, 0.4) is 0 Å². The highest BCUT2D eigenvalue weighted by Gasteiger charge is 2.24. The van der Waals surface area contributed by atoms with Crippen LogP contribution in [-0.4, -0.2) is 44.8 Å². The van der Waals surface area contributed by atoms with Gasteiger partial charge >= 0.3 is 5.97 Å². The number of ether oxygens (including phenoxy) is 4. The summed E-state index contributed by atoms with van der Waals surface area (Å²) in [4.78, 5) is 25.8. The van der Waals surface area contributed by atoms with E-state index in [1.165, 1.54) is 0 Å². The van der Waals surface area contributed by atoms with Crippen molar-refractivity contribution in [3.05, 3.63) is 59.9 Å². The Morgan fingerprint density at radius 1 is 1.07 bits per heavy atom. The highest BCUT2D eigenvalue weighted by molar-refractivity contribution is 5.97. The lowest BCUT2D eigenvalue weighted by Crippen LogP contribution is -2.41. The van der Waals surface area contributed by atoms with E-state index in [1.807, 2.05) is 43.3 Å². The Bertz CT molecular complexity index is 906. The van der Waals surface area contributed by atoms with Gasteiger partial charge in [0.15, 0.2) is 6.61 Å². The van der Waals surface area contributed by atoms with Gasteiger partial charge in [-0.05, 0) is 49.8 Å². The van der Waals surface area contributed by atoms with E-state index in [4.69, 9.17) is 18.9 Å². The minimum atomic E-state index is -0.491. The fraction of sp³-hybridized carbons (Fsp3) is 0.304. The Kier molecular flexibility index (Phi) is 7.32. The lowest BCUT2D eigenvalue weighted by Gasteiger charge is -2.29. The molecule has 0 unspecified atom stereocenters. The molecule has 2 aromatic rings. The third-order valence-electron chi connectivity index (χ3n) is 4.35. The zero-order valence-electron chi connectivity index (χ0n) is 17.1. The highest BCUT2D eigenvalue weighted by atomic mass is 16.6. The zero-order valence-corrected chi connectivity index (χ0v) is 17.1. The summed E-state index contributed by atoms with van der Waals surface area (Å²) in [6.07, 6.45) is 1.63. The second-order valence-corrected chi connectivity index (χ2v) is 6.38. The molecule has 7 nitrogen and oxygen atoms in total. The van der Waals surface area contributed by atoms with E-state index in [0.717, 1.165) is 11.3 Å². The molecule has 0 radical (unpaired) electrons. The summed E-state index contributed by atoms with van der Waals surface area (Å²) >= 11 is 0. The van der Waals surface area contributed by atoms with Crippen LogP contribution in [0.1, 0.15) is 19.4 Å². The van der Waals surface area contributed by atoms with Crippen molar-refractivity contribution in [3.63, 3.8) is 0 Å². The number of esters is 1. The molecule has 0 aromatic heterocycles. The largest absolute Gasteiger partial charge is 0.492 e. The van der Waals surface area contributed by atoms with E-state index in [9.17, 15) is 9.59 Å². The SMILES string of the molecule is CCOC(=O)C(=Cc1ccc(OCCN2C(=O)COc3ccccc32)cc1)OCC. The predicted molar refractivity (Wildman–Crippen MR) is 112 cm³/mol. The Morgan fingerprint density at radius 2 is 1.80 bits per heavy atom. The van der Waals surface area contributed by atoms with Crippen molar-refractivity contribution in [2.24, 2.45) is 0 Å². The van der Waals surface area contributed by atoms with Gasteiger partial charge < -0.3 is 23.8 Å². The molecule has 2 aromatic carbocycles. The average molecular weight is 411 g/mol. The van der Waals surface area contributed by atoms with Gasteiger partial charge in [-0.25, -0.2) is 4.79 Å². The normalized spacial score (nSPS) is 13.3. The monoisotopic (exact) mass is 411 g/mol. The molecule has 158 valence electrons. The molecular weight excluding hydrogens is 386 g/mol. The number of anilines is 1. The molecule has 7 heteroatoms. The van der Waals surface area contributed by atoms with Crippen molar-refractivity contribution in [1.29, 1.82) is 0 Å². The maximum Gasteiger partial charge on any atom is 0.373 e. The lowest BCUT2D eigenvalue weighted by molar-refractivity contribution is -0.142. The van der Waals surface area contributed by atoms with Gasteiger partial charge in [-0.3, -0.25) is 4.79 Å². The number of carbonyl (C=O) groups excluding carboxylic acids is 2. The van der Waals surface area contributed by atoms with E-state index in [-0.39, 0.29) is 24.9 Å². The van der Waals surface area contributed by atoms with Crippen LogP contribution in [0.5, 0.6) is 11.5 Å². The van der Waals surface area contributed by atoms with Crippen LogP contribution in [0.4, 0.5) is 5.69 Å². The first-order chi connectivity index (χ1) is 14.6. The molecule has 0 spiro atoms. The number of benzene rings is 2. The molecule has 1 aliphatic heterocycles. The third-order valence-corrected chi connectivity index (χ3v) is 4.35. The smallest absolute Gasteiger partial charge is 0.373 e. The number of para-hydroxylation sites is 2. The maximum absolute atomic E-state index is 12.2. The second kappa shape index (κ2) is 10.3. The number of carbonyl (C=O) groups is 2. The number of hydrogen-bond acceptors (Lipinski definition) is 6. The topological polar surface area (TPSA) is 74.3 Å². The van der Waals surface area contributed by atoms with Crippen LogP contribution in [0.25, 0.3) is 6.08 Å². The van der Waals surface area contributed by atoms with Crippen molar-refractivity contribution in [2.45, 2.75) is 13.8 Å². The van der Waals surface area contributed by atoms with E-state index in [2.05, 4.69) is 0 Å². The van der Waals surface area contributed by atoms with Crippen LogP contribution in [0.2, 0.25) is 0 Å². The highest BCUT2D eigenvalue weighted by Crippen LogP contribution is 2.31. The number of fused-ring (bicyclic) bond motifs is 1. The third kappa shape index (κ3) is 5.31. The molecule has 0 atom stereocenters. The minimum Gasteiger partial charge on any atom is -0.492 e. The number of rotatable bonds is 9. The Hall–Kier alpha value is -3.48. The first kappa shape index (κ1) is 21.2. The standard InChI is InChI=1S/C23H25NO6/c1-3-27-21(23(26)28-4-2)15-17-9-11-18(12-10-17)29-14-13-24-19-7-5-6-8-20(19)30-16-22(24)25/h5-12,15H,3-4,13-14,16H2,1-2H3. The van der Waals surface area contributed by atoms with Crippen molar-refractivity contribution < 1.29 is 28.5 Å². The lowest BCUT2D eigenvalue weighted by atomic mass is 10.2. The maximum atomic E-state index is 12.2. The van der Waals surface area contributed by atoms with Gasteiger partial charge in [-0.1, -0.05) is 24.3 Å². The Labute approximate surface area is 175 Å². The number of hydrogen-bond donors (Lipinski definition) is 0. The van der Waals surface area contributed by atoms with Gasteiger partial charge in [-0.2, -0.15) is 0 Å².